The largest absolute Gasteiger partial charge is 0.463 e. The number of aliphatic hydroxyl groups excluding tert-OH is 3. The van der Waals surface area contributed by atoms with Gasteiger partial charge in [0.1, 0.15) is 54.6 Å². The minimum Gasteiger partial charge on any atom is -0.463 e. The van der Waals surface area contributed by atoms with Gasteiger partial charge in [-0.05, 0) is 82.8 Å². The summed E-state index contributed by atoms with van der Waals surface area (Å²) in [7, 11) is 0. The molecule has 0 amide bonds. The van der Waals surface area contributed by atoms with Gasteiger partial charge in [0, 0.05) is 51.9 Å². The van der Waals surface area contributed by atoms with Crippen molar-refractivity contribution in [3.8, 4) is 0 Å². The first-order valence-corrected chi connectivity index (χ1v) is 20.4. The van der Waals surface area contributed by atoms with Gasteiger partial charge in [0.2, 0.25) is 0 Å². The van der Waals surface area contributed by atoms with Gasteiger partial charge >= 0.3 is 23.9 Å². The maximum Gasteiger partial charge on any atom is 0.303 e. The molecule has 1 heterocycles. The number of allylic oxidation sites excluding steroid dienone is 3. The molecule has 0 aromatic rings. The van der Waals surface area contributed by atoms with Crippen molar-refractivity contribution in [3.63, 3.8) is 0 Å². The van der Waals surface area contributed by atoms with Crippen LogP contribution in [-0.4, -0.2) is 106 Å². The number of Topliss-reactive ketones (excluding diaryl/α,β-unsaturated/α-hetero) is 1. The number of aliphatic hydroxyl groups is 3. The molecule has 3 rings (SSSR count). The maximum atomic E-state index is 12.8. The Balaban J connectivity index is 1.83. The van der Waals surface area contributed by atoms with Crippen LogP contribution in [0.15, 0.2) is 34.9 Å². The molecule has 2 fully saturated rings. The van der Waals surface area contributed by atoms with E-state index in [0.717, 1.165) is 11.1 Å². The van der Waals surface area contributed by atoms with Gasteiger partial charge in [-0.1, -0.05) is 51.0 Å². The highest BCUT2D eigenvalue weighted by molar-refractivity contribution is 5.87. The summed E-state index contributed by atoms with van der Waals surface area (Å²) in [5.41, 5.74) is 0.582. The van der Waals surface area contributed by atoms with E-state index >= 15 is 0 Å². The van der Waals surface area contributed by atoms with Crippen LogP contribution in [0.3, 0.4) is 0 Å². The van der Waals surface area contributed by atoms with Crippen LogP contribution in [0.5, 0.6) is 0 Å². The van der Waals surface area contributed by atoms with Crippen molar-refractivity contribution in [2.75, 3.05) is 6.61 Å². The Hall–Kier alpha value is -3.43. The Morgan fingerprint density at radius 3 is 2.12 bits per heavy atom. The summed E-state index contributed by atoms with van der Waals surface area (Å²) < 4.78 is 34.7. The van der Waals surface area contributed by atoms with E-state index in [1.54, 1.807) is 6.08 Å². The van der Waals surface area contributed by atoms with Gasteiger partial charge in [0.05, 0.1) is 6.10 Å². The van der Waals surface area contributed by atoms with E-state index in [2.05, 4.69) is 0 Å². The summed E-state index contributed by atoms with van der Waals surface area (Å²) in [6.07, 6.45) is -0.191. The molecule has 0 radical (unpaired) electrons. The summed E-state index contributed by atoms with van der Waals surface area (Å²) in [5.74, 6) is -2.23. The van der Waals surface area contributed by atoms with E-state index in [1.165, 1.54) is 27.7 Å². The second kappa shape index (κ2) is 20.2. The normalized spacial score (nSPS) is 32.3. The summed E-state index contributed by atoms with van der Waals surface area (Å²) in [4.78, 5) is 61.2. The molecule has 0 bridgehead atoms. The van der Waals surface area contributed by atoms with Gasteiger partial charge in [0.25, 0.3) is 0 Å². The van der Waals surface area contributed by atoms with Crippen molar-refractivity contribution >= 4 is 29.7 Å². The van der Waals surface area contributed by atoms with Gasteiger partial charge in [-0.3, -0.25) is 24.0 Å². The Bertz CT molecular complexity index is 1590. The summed E-state index contributed by atoms with van der Waals surface area (Å²) in [6.45, 7) is 20.4. The number of ether oxygens (including phenoxy) is 6. The quantitative estimate of drug-likeness (QED) is 0.102. The van der Waals surface area contributed by atoms with Gasteiger partial charge in [0.15, 0.2) is 6.29 Å². The highest BCUT2D eigenvalue weighted by Crippen LogP contribution is 2.52. The lowest BCUT2D eigenvalue weighted by Crippen LogP contribution is -2.62. The fourth-order valence-electron chi connectivity index (χ4n) is 9.07. The maximum absolute atomic E-state index is 12.8. The van der Waals surface area contributed by atoms with Crippen LogP contribution in [0.1, 0.15) is 128 Å². The van der Waals surface area contributed by atoms with Crippen molar-refractivity contribution in [2.24, 2.45) is 22.7 Å². The third kappa shape index (κ3) is 12.5. The van der Waals surface area contributed by atoms with Crippen LogP contribution in [-0.2, 0) is 52.4 Å². The molecule has 2 aliphatic carbocycles. The minimum atomic E-state index is -1.61. The van der Waals surface area contributed by atoms with Crippen molar-refractivity contribution in [2.45, 2.75) is 183 Å². The molecule has 1 saturated heterocycles. The smallest absolute Gasteiger partial charge is 0.303 e. The fraction of sp³-hybridized carbons (Fsp3) is 0.750. The van der Waals surface area contributed by atoms with E-state index < -0.39 is 89.3 Å². The molecule has 1 saturated carbocycles. The fourth-order valence-corrected chi connectivity index (χ4v) is 9.07. The third-order valence-electron chi connectivity index (χ3n) is 12.5. The molecule has 328 valence electrons. The Morgan fingerprint density at radius 2 is 1.53 bits per heavy atom. The average Bonchev–Trinajstić information content (AvgIpc) is 3.10. The average molecular weight is 821 g/mol. The number of hydrogen-bond donors (Lipinski definition) is 3. The van der Waals surface area contributed by atoms with Crippen molar-refractivity contribution in [1.82, 2.24) is 0 Å². The first-order valence-electron chi connectivity index (χ1n) is 20.4. The molecule has 58 heavy (non-hydrogen) atoms. The zero-order valence-electron chi connectivity index (χ0n) is 36.5. The van der Waals surface area contributed by atoms with E-state index in [-0.39, 0.29) is 24.2 Å². The van der Waals surface area contributed by atoms with Crippen LogP contribution in [0.2, 0.25) is 0 Å². The van der Waals surface area contributed by atoms with E-state index in [4.69, 9.17) is 28.4 Å². The molecular weight excluding hydrogens is 752 g/mol. The van der Waals surface area contributed by atoms with Crippen LogP contribution >= 0.6 is 0 Å². The molecule has 0 aromatic carbocycles. The predicted octanol–water partition coefficient (Wildman–Crippen LogP) is 5.38. The molecule has 0 aromatic heterocycles. The van der Waals surface area contributed by atoms with Crippen LogP contribution in [0, 0.1) is 22.7 Å². The third-order valence-corrected chi connectivity index (χ3v) is 12.5. The van der Waals surface area contributed by atoms with Crippen molar-refractivity contribution in [1.29, 1.82) is 0 Å². The molecular formula is C44H68O14. The van der Waals surface area contributed by atoms with E-state index in [0.29, 0.717) is 50.5 Å². The molecule has 11 atom stereocenters. The monoisotopic (exact) mass is 820 g/mol. The molecule has 14 nitrogen and oxygen atoms in total. The molecule has 1 aliphatic heterocycles. The topological polar surface area (TPSA) is 201 Å². The second-order valence-electron chi connectivity index (χ2n) is 17.8. The molecule has 3 aliphatic rings. The number of hydrogen-bond acceptors (Lipinski definition) is 14. The number of carbonyl (C=O) groups is 5. The van der Waals surface area contributed by atoms with Gasteiger partial charge in [-0.25, -0.2) is 0 Å². The molecule has 0 unspecified atom stereocenters. The Labute approximate surface area is 343 Å². The summed E-state index contributed by atoms with van der Waals surface area (Å²) in [5, 5.41) is 31.9. The Morgan fingerprint density at radius 1 is 0.897 bits per heavy atom. The van der Waals surface area contributed by atoms with Gasteiger partial charge in [-0.15, -0.1) is 0 Å². The van der Waals surface area contributed by atoms with Gasteiger partial charge in [-0.2, -0.15) is 0 Å². The van der Waals surface area contributed by atoms with Crippen LogP contribution in [0.25, 0.3) is 0 Å². The van der Waals surface area contributed by atoms with E-state index in [9.17, 15) is 39.3 Å². The first-order chi connectivity index (χ1) is 26.8. The molecule has 0 spiro atoms. The minimum absolute atomic E-state index is 0.126. The van der Waals surface area contributed by atoms with E-state index in [1.807, 2.05) is 67.5 Å². The number of carbonyl (C=O) groups excluding carboxylic acids is 5. The zero-order valence-corrected chi connectivity index (χ0v) is 36.5. The number of rotatable bonds is 16. The SMILES string of the molecule is CC(=O)OC[C@@H]1O[C@H](O[C@@H]2CC[C@@](C)(OC(C)=O)[C@H](CC/C(C)=C/C[C@H](/C=C(\C)[C@H](C[C@@H]3C(C)=CCC(=O)C3(C)C)OC(C)=O)OC(C)=O)C2(C)C)[C@@H](O)[C@H](O)[C@H]1O. The summed E-state index contributed by atoms with van der Waals surface area (Å²) >= 11 is 0. The van der Waals surface area contributed by atoms with Crippen molar-refractivity contribution < 1.29 is 67.7 Å². The van der Waals surface area contributed by atoms with Crippen molar-refractivity contribution in [3.05, 3.63) is 34.9 Å². The Kier molecular flexibility index (Phi) is 17.1. The second-order valence-corrected chi connectivity index (χ2v) is 17.8. The molecule has 14 heteroatoms. The first kappa shape index (κ1) is 48.9. The lowest BCUT2D eigenvalue weighted by molar-refractivity contribution is -0.328. The highest BCUT2D eigenvalue weighted by Gasteiger charge is 2.55. The zero-order chi connectivity index (χ0) is 43.9. The molecule has 3 N–H and O–H groups in total. The van der Waals surface area contributed by atoms with Gasteiger partial charge < -0.3 is 43.7 Å². The summed E-state index contributed by atoms with van der Waals surface area (Å²) in [6, 6.07) is 0. The highest BCUT2D eigenvalue weighted by atomic mass is 16.7. The lowest BCUT2D eigenvalue weighted by Gasteiger charge is -2.54. The number of esters is 4. The number of ketones is 1. The lowest BCUT2D eigenvalue weighted by atomic mass is 9.58. The van der Waals surface area contributed by atoms with Crippen LogP contribution in [0.4, 0.5) is 0 Å². The predicted molar refractivity (Wildman–Crippen MR) is 213 cm³/mol. The standard InChI is InChI=1S/C44H68O14/c1-24(13-16-31(54-28(5)46)21-26(3)33(55-29(6)47)22-32-25(2)15-18-36(49)42(32,8)9)14-17-35-43(10,11)37(19-20-44(35,12)58-30(7)48)57-41-40(52)39(51)38(50)34(56-41)23-53-27(4)45/h13,15,21,31-35,37-41,50-52H,14,16-20,22-23H2,1-12H3/b24-13+,26-21+/t31-,32-,33+,34+,35-,37-,38+,39-,40+,41-,44-/m1/s1. The van der Waals surface area contributed by atoms with Crippen LogP contribution < -0.4 is 0 Å².